The minimum Gasteiger partial charge on any atom is -0.544 e. The zero-order chi connectivity index (χ0) is 48.4. The number of rotatable bonds is 50. The highest BCUT2D eigenvalue weighted by Gasteiger charge is 2.25. The third-order valence-corrected chi connectivity index (χ3v) is 12.4. The van der Waals surface area contributed by atoms with Gasteiger partial charge < -0.3 is 28.6 Å². The van der Waals surface area contributed by atoms with Gasteiger partial charge in [0.25, 0.3) is 0 Å². The molecule has 0 aromatic heterocycles. The minimum atomic E-state index is -1.12. The third-order valence-electron chi connectivity index (χ3n) is 12.4. The Morgan fingerprint density at radius 1 is 0.455 bits per heavy atom. The van der Waals surface area contributed by atoms with Gasteiger partial charge in [-0.15, -0.1) is 0 Å². The van der Waals surface area contributed by atoms with Gasteiger partial charge in [0.05, 0.1) is 40.3 Å². The number of unbranched alkanes of at least 4 members (excludes halogenated alkanes) is 28. The van der Waals surface area contributed by atoms with Crippen LogP contribution in [-0.4, -0.2) is 75.5 Å². The molecular formula is C58H105NO7. The molecule has 8 heteroatoms. The summed E-state index contributed by atoms with van der Waals surface area (Å²) in [5.74, 6) is -1.74. The van der Waals surface area contributed by atoms with Crippen molar-refractivity contribution in [2.45, 2.75) is 264 Å². The third kappa shape index (κ3) is 46.4. The number of likely N-dealkylation sites (N-methyl/N-ethyl adjacent to an activating group) is 1. The highest BCUT2D eigenvalue weighted by Crippen LogP contribution is 2.15. The molecule has 0 aliphatic heterocycles. The summed E-state index contributed by atoms with van der Waals surface area (Å²) in [4.78, 5) is 37.1. The smallest absolute Gasteiger partial charge is 0.306 e. The van der Waals surface area contributed by atoms with Crippen LogP contribution in [0.15, 0.2) is 48.6 Å². The molecule has 0 bridgehead atoms. The highest BCUT2D eigenvalue weighted by molar-refractivity contribution is 5.70. The summed E-state index contributed by atoms with van der Waals surface area (Å²) < 4.78 is 17.3. The van der Waals surface area contributed by atoms with Crippen LogP contribution in [0.4, 0.5) is 0 Å². The summed E-state index contributed by atoms with van der Waals surface area (Å²) in [6, 6.07) is -0.729. The van der Waals surface area contributed by atoms with E-state index in [0.717, 1.165) is 57.8 Å². The largest absolute Gasteiger partial charge is 0.544 e. The first-order valence-electron chi connectivity index (χ1n) is 27.7. The van der Waals surface area contributed by atoms with E-state index >= 15 is 0 Å². The van der Waals surface area contributed by atoms with E-state index in [1.807, 2.05) is 0 Å². The number of allylic oxidation sites excluding steroid dienone is 8. The maximum atomic E-state index is 12.8. The van der Waals surface area contributed by atoms with Crippen molar-refractivity contribution in [3.8, 4) is 0 Å². The number of esters is 2. The molecule has 0 saturated carbocycles. The Balaban J connectivity index is 4.21. The van der Waals surface area contributed by atoms with Crippen molar-refractivity contribution in [3.05, 3.63) is 48.6 Å². The SMILES string of the molecule is CCCCC/C=C/C/C=C/C/C=C/CCCCCCCCCCCC(=O)OC(COCCC(C(=O)[O-])[N+](C)(C)C)COC(=O)CCCCCCCCC/C=C/CCCCCCCCCCC. The summed E-state index contributed by atoms with van der Waals surface area (Å²) in [7, 11) is 5.42. The Bertz CT molecular complexity index is 1220. The van der Waals surface area contributed by atoms with Crippen molar-refractivity contribution in [1.82, 2.24) is 0 Å². The maximum absolute atomic E-state index is 12.8. The molecule has 0 heterocycles. The van der Waals surface area contributed by atoms with Gasteiger partial charge in [-0.3, -0.25) is 9.59 Å². The zero-order valence-corrected chi connectivity index (χ0v) is 43.9. The van der Waals surface area contributed by atoms with Crippen LogP contribution in [0.3, 0.4) is 0 Å². The van der Waals surface area contributed by atoms with Gasteiger partial charge in [-0.1, -0.05) is 204 Å². The Hall–Kier alpha value is -2.71. The molecule has 0 amide bonds. The summed E-state index contributed by atoms with van der Waals surface area (Å²) in [5, 5.41) is 11.7. The van der Waals surface area contributed by atoms with Crippen LogP contribution in [0.25, 0.3) is 0 Å². The predicted octanol–water partition coefficient (Wildman–Crippen LogP) is 15.0. The van der Waals surface area contributed by atoms with E-state index < -0.39 is 18.1 Å². The van der Waals surface area contributed by atoms with Gasteiger partial charge in [0.1, 0.15) is 12.6 Å². The van der Waals surface area contributed by atoms with Crippen molar-refractivity contribution < 1.29 is 38.2 Å². The average Bonchev–Trinajstić information content (AvgIpc) is 3.28. The fourth-order valence-electron chi connectivity index (χ4n) is 8.13. The number of aliphatic carboxylic acids is 1. The molecule has 0 saturated heterocycles. The molecule has 0 N–H and O–H groups in total. The summed E-state index contributed by atoms with van der Waals surface area (Å²) in [5.41, 5.74) is 0. The standard InChI is InChI=1S/C58H105NO7/c1-6-8-10-12-14-16-18-20-22-24-26-28-29-31-33-35-37-39-41-43-45-47-49-57(61)66-54(52-64-51-50-55(58(62)63)59(3,4)5)53-65-56(60)48-46-44-42-40-38-36-34-32-30-27-25-23-21-19-17-15-13-11-9-7-2/h14,16,20,22,26-28,30,54-55H,6-13,15,17-19,21,23-25,29,31-53H2,1-5H3/b16-14+,22-20+,28-26+,30-27+. The van der Waals surface area contributed by atoms with Gasteiger partial charge in [0.2, 0.25) is 0 Å². The molecule has 0 aromatic carbocycles. The lowest BCUT2D eigenvalue weighted by molar-refractivity contribution is -0.889. The Kier molecular flexibility index (Phi) is 46.7. The van der Waals surface area contributed by atoms with E-state index in [4.69, 9.17) is 14.2 Å². The first kappa shape index (κ1) is 63.3. The lowest BCUT2D eigenvalue weighted by Crippen LogP contribution is -2.55. The van der Waals surface area contributed by atoms with Gasteiger partial charge in [-0.05, 0) is 77.0 Å². The first-order chi connectivity index (χ1) is 32.1. The van der Waals surface area contributed by atoms with Gasteiger partial charge in [-0.25, -0.2) is 0 Å². The van der Waals surface area contributed by atoms with E-state index in [1.54, 1.807) is 21.1 Å². The fourth-order valence-corrected chi connectivity index (χ4v) is 8.13. The number of nitrogens with zero attached hydrogens (tertiary/aromatic N) is 1. The summed E-state index contributed by atoms with van der Waals surface area (Å²) in [6.07, 6.45) is 60.0. The molecule has 66 heavy (non-hydrogen) atoms. The number of ether oxygens (including phenoxy) is 3. The predicted molar refractivity (Wildman–Crippen MR) is 277 cm³/mol. The van der Waals surface area contributed by atoms with Crippen LogP contribution in [0, 0.1) is 0 Å². The monoisotopic (exact) mass is 928 g/mol. The number of carboxylic acid groups (broad SMARTS) is 1. The van der Waals surface area contributed by atoms with Crippen molar-refractivity contribution in [1.29, 1.82) is 0 Å². The van der Waals surface area contributed by atoms with E-state index in [-0.39, 0.29) is 42.7 Å². The lowest BCUT2D eigenvalue weighted by Gasteiger charge is -2.34. The van der Waals surface area contributed by atoms with E-state index in [2.05, 4.69) is 62.5 Å². The second-order valence-electron chi connectivity index (χ2n) is 19.8. The van der Waals surface area contributed by atoms with Crippen molar-refractivity contribution in [2.24, 2.45) is 0 Å². The second kappa shape index (κ2) is 48.7. The molecule has 0 aliphatic rings. The molecule has 0 radical (unpaired) electrons. The molecule has 0 rings (SSSR count). The number of hydrogen-bond donors (Lipinski definition) is 0. The summed E-state index contributed by atoms with van der Waals surface area (Å²) in [6.45, 7) is 4.66. The Morgan fingerprint density at radius 2 is 0.803 bits per heavy atom. The molecule has 2 unspecified atom stereocenters. The zero-order valence-electron chi connectivity index (χ0n) is 43.9. The number of hydrogen-bond acceptors (Lipinski definition) is 7. The first-order valence-corrected chi connectivity index (χ1v) is 27.7. The fraction of sp³-hybridized carbons (Fsp3) is 0.810. The Labute approximate surface area is 407 Å². The lowest BCUT2D eigenvalue weighted by atomic mass is 10.1. The van der Waals surface area contributed by atoms with E-state index in [0.29, 0.717) is 12.8 Å². The van der Waals surface area contributed by atoms with Crippen molar-refractivity contribution in [2.75, 3.05) is 41.0 Å². The normalized spacial score (nSPS) is 13.2. The number of carbonyl (C=O) groups excluding carboxylic acids is 3. The molecule has 2 atom stereocenters. The molecule has 0 spiro atoms. The topological polar surface area (TPSA) is 102 Å². The molecule has 0 aliphatic carbocycles. The van der Waals surface area contributed by atoms with Gasteiger partial charge in [0.15, 0.2) is 6.10 Å². The number of carbonyl (C=O) groups is 3. The minimum absolute atomic E-state index is 0.0377. The van der Waals surface area contributed by atoms with Gasteiger partial charge in [0, 0.05) is 19.3 Å². The van der Waals surface area contributed by atoms with Crippen molar-refractivity contribution >= 4 is 17.9 Å². The van der Waals surface area contributed by atoms with Crippen molar-refractivity contribution in [3.63, 3.8) is 0 Å². The van der Waals surface area contributed by atoms with Crippen LogP contribution in [0.1, 0.15) is 251 Å². The van der Waals surface area contributed by atoms with Gasteiger partial charge >= 0.3 is 11.9 Å². The molecular weight excluding hydrogens is 823 g/mol. The average molecular weight is 928 g/mol. The second-order valence-corrected chi connectivity index (χ2v) is 19.8. The number of carboxylic acids is 1. The molecule has 384 valence electrons. The van der Waals surface area contributed by atoms with Crippen LogP contribution in [-0.2, 0) is 28.6 Å². The molecule has 0 fully saturated rings. The quantitative estimate of drug-likeness (QED) is 0.0259. The van der Waals surface area contributed by atoms with Crippen LogP contribution < -0.4 is 5.11 Å². The highest BCUT2D eigenvalue weighted by atomic mass is 16.6. The maximum Gasteiger partial charge on any atom is 0.306 e. The van der Waals surface area contributed by atoms with E-state index in [1.165, 1.54) is 161 Å². The Morgan fingerprint density at radius 3 is 1.23 bits per heavy atom. The van der Waals surface area contributed by atoms with Crippen LogP contribution in [0.2, 0.25) is 0 Å². The van der Waals surface area contributed by atoms with E-state index in [9.17, 15) is 19.5 Å². The summed E-state index contributed by atoms with van der Waals surface area (Å²) >= 11 is 0. The van der Waals surface area contributed by atoms with Gasteiger partial charge in [-0.2, -0.15) is 0 Å². The number of quaternary nitrogens is 1. The molecule has 0 aromatic rings. The van der Waals surface area contributed by atoms with Crippen LogP contribution in [0.5, 0.6) is 0 Å². The molecule has 8 nitrogen and oxygen atoms in total. The van der Waals surface area contributed by atoms with Crippen LogP contribution >= 0.6 is 0 Å².